The normalized spacial score (nSPS) is 20.0. The van der Waals surface area contributed by atoms with Crippen molar-refractivity contribution in [1.82, 2.24) is 4.90 Å². The molecule has 37 heavy (non-hydrogen) atoms. The number of nitrogens with one attached hydrogen (secondary N) is 1. The summed E-state index contributed by atoms with van der Waals surface area (Å²) in [6, 6.07) is 13.5. The lowest BCUT2D eigenvalue weighted by Crippen LogP contribution is -2.51. The molecule has 1 saturated heterocycles. The first-order valence-corrected chi connectivity index (χ1v) is 13.5. The minimum Gasteiger partial charge on any atom is -0.494 e. The van der Waals surface area contributed by atoms with E-state index < -0.39 is 17.1 Å². The van der Waals surface area contributed by atoms with Crippen LogP contribution in [0.4, 0.5) is 16.2 Å². The molecule has 0 spiro atoms. The number of nitrogens with zero attached hydrogens (tertiary/aromatic N) is 2. The first-order chi connectivity index (χ1) is 17.5. The second-order valence-electron chi connectivity index (χ2n) is 10.5. The number of anilines is 2. The fourth-order valence-corrected chi connectivity index (χ4v) is 6.31. The summed E-state index contributed by atoms with van der Waals surface area (Å²) >= 11 is 0.867. The van der Waals surface area contributed by atoms with Gasteiger partial charge in [-0.2, -0.15) is 0 Å². The van der Waals surface area contributed by atoms with Crippen molar-refractivity contribution in [2.75, 3.05) is 23.4 Å². The number of amides is 3. The van der Waals surface area contributed by atoms with Gasteiger partial charge < -0.3 is 15.0 Å². The average molecular weight is 522 g/mol. The largest absolute Gasteiger partial charge is 0.494 e. The van der Waals surface area contributed by atoms with Crippen molar-refractivity contribution in [3.8, 4) is 5.75 Å². The highest BCUT2D eigenvalue weighted by Gasteiger charge is 2.38. The fourth-order valence-electron chi connectivity index (χ4n) is 5.47. The van der Waals surface area contributed by atoms with E-state index in [1.54, 1.807) is 30.3 Å². The third-order valence-corrected chi connectivity index (χ3v) is 7.65. The smallest absolute Gasteiger partial charge is 0.294 e. The molecule has 7 nitrogen and oxygen atoms in total. The van der Waals surface area contributed by atoms with Crippen molar-refractivity contribution in [3.63, 3.8) is 0 Å². The number of benzene rings is 2. The number of carbonyl (C=O) groups is 3. The standard InChI is InChI=1S/C29H35N3O4S/c1-7-36-22-11-9-21(10-12-22)30-26(33)17-31-27(34)25(37-28(31)35)15-20-8-13-24-23(14-20)19(4)16-29(5,6)32(24)18(2)3/h8-15,18-19H,7,16-17H2,1-6H3,(H,30,33)/b25-15-/t19-/m1/s1. The minimum atomic E-state index is -0.451. The number of thioether (sulfide) groups is 1. The molecule has 2 aliphatic rings. The molecule has 2 aromatic carbocycles. The monoisotopic (exact) mass is 521 g/mol. The molecule has 0 aromatic heterocycles. The third kappa shape index (κ3) is 5.69. The summed E-state index contributed by atoms with van der Waals surface area (Å²) in [6.07, 6.45) is 2.78. The van der Waals surface area contributed by atoms with Crippen molar-refractivity contribution in [3.05, 3.63) is 58.5 Å². The second-order valence-corrected chi connectivity index (χ2v) is 11.5. The Hall–Kier alpha value is -3.26. The number of hydrogen-bond acceptors (Lipinski definition) is 6. The molecule has 0 radical (unpaired) electrons. The molecule has 1 N–H and O–H groups in total. The third-order valence-electron chi connectivity index (χ3n) is 6.74. The molecular formula is C29H35N3O4S. The minimum absolute atomic E-state index is 0.0522. The summed E-state index contributed by atoms with van der Waals surface area (Å²) in [5.41, 5.74) is 3.96. The molecule has 1 fully saturated rings. The van der Waals surface area contributed by atoms with E-state index in [9.17, 15) is 14.4 Å². The first-order valence-electron chi connectivity index (χ1n) is 12.7. The number of fused-ring (bicyclic) bond motifs is 1. The summed E-state index contributed by atoms with van der Waals surface area (Å²) in [5, 5.41) is 2.28. The molecule has 0 saturated carbocycles. The van der Waals surface area contributed by atoms with E-state index in [4.69, 9.17) is 4.74 Å². The quantitative estimate of drug-likeness (QED) is 0.433. The van der Waals surface area contributed by atoms with Crippen molar-refractivity contribution >= 4 is 46.3 Å². The van der Waals surface area contributed by atoms with Gasteiger partial charge in [-0.3, -0.25) is 19.3 Å². The van der Waals surface area contributed by atoms with Crippen LogP contribution in [-0.2, 0) is 9.59 Å². The van der Waals surface area contributed by atoms with Crippen LogP contribution in [0.5, 0.6) is 5.75 Å². The van der Waals surface area contributed by atoms with Crippen LogP contribution < -0.4 is 15.0 Å². The maximum absolute atomic E-state index is 13.0. The van der Waals surface area contributed by atoms with Gasteiger partial charge in [-0.1, -0.05) is 13.0 Å². The Morgan fingerprint density at radius 3 is 2.54 bits per heavy atom. The molecule has 0 aliphatic carbocycles. The summed E-state index contributed by atoms with van der Waals surface area (Å²) in [4.78, 5) is 41.9. The van der Waals surface area contributed by atoms with Crippen LogP contribution in [0.3, 0.4) is 0 Å². The number of carbonyl (C=O) groups excluding carboxylic acids is 3. The summed E-state index contributed by atoms with van der Waals surface area (Å²) in [6.45, 7) is 13.3. The van der Waals surface area contributed by atoms with Crippen molar-refractivity contribution in [1.29, 1.82) is 0 Å². The molecule has 4 rings (SSSR count). The van der Waals surface area contributed by atoms with Gasteiger partial charge in [-0.25, -0.2) is 0 Å². The van der Waals surface area contributed by atoms with E-state index in [0.29, 0.717) is 34.9 Å². The van der Waals surface area contributed by atoms with E-state index in [0.717, 1.165) is 28.6 Å². The topological polar surface area (TPSA) is 79.0 Å². The van der Waals surface area contributed by atoms with Crippen LogP contribution in [0, 0.1) is 0 Å². The van der Waals surface area contributed by atoms with Crippen molar-refractivity contribution < 1.29 is 19.1 Å². The van der Waals surface area contributed by atoms with E-state index in [1.165, 1.54) is 11.3 Å². The highest BCUT2D eigenvalue weighted by Crippen LogP contribution is 2.45. The SMILES string of the molecule is CCOc1ccc(NC(=O)CN2C(=O)S/C(=C\c3ccc4c(c3)[C@H](C)CC(C)(C)N4C(C)C)C2=O)cc1. The molecule has 1 atom stereocenters. The Kier molecular flexibility index (Phi) is 7.69. The van der Waals surface area contributed by atoms with Crippen LogP contribution >= 0.6 is 11.8 Å². The molecule has 0 bridgehead atoms. The summed E-state index contributed by atoms with van der Waals surface area (Å²) in [5.74, 6) is 0.183. The number of hydrogen-bond donors (Lipinski definition) is 1. The van der Waals surface area contributed by atoms with E-state index in [1.807, 2.05) is 13.0 Å². The van der Waals surface area contributed by atoms with Gasteiger partial charge >= 0.3 is 0 Å². The van der Waals surface area contributed by atoms with Crippen molar-refractivity contribution in [2.24, 2.45) is 0 Å². The zero-order valence-corrected chi connectivity index (χ0v) is 23.1. The zero-order chi connectivity index (χ0) is 26.9. The Morgan fingerprint density at radius 1 is 1.19 bits per heavy atom. The van der Waals surface area contributed by atoms with Gasteiger partial charge in [0.05, 0.1) is 11.5 Å². The number of ether oxygens (including phenoxy) is 1. The lowest BCUT2D eigenvalue weighted by molar-refractivity contribution is -0.127. The fraction of sp³-hybridized carbons (Fsp3) is 0.414. The van der Waals surface area contributed by atoms with E-state index >= 15 is 0 Å². The van der Waals surface area contributed by atoms with E-state index in [-0.39, 0.29) is 12.1 Å². The molecule has 2 heterocycles. The highest BCUT2D eigenvalue weighted by atomic mass is 32.2. The molecule has 0 unspecified atom stereocenters. The zero-order valence-electron chi connectivity index (χ0n) is 22.3. The Labute approximate surface area is 223 Å². The van der Waals surface area contributed by atoms with Gasteiger partial charge in [0.2, 0.25) is 5.91 Å². The van der Waals surface area contributed by atoms with Gasteiger partial charge in [0, 0.05) is 23.0 Å². The maximum Gasteiger partial charge on any atom is 0.294 e. The maximum atomic E-state index is 13.0. The van der Waals surface area contributed by atoms with Gasteiger partial charge in [-0.05, 0) is 112 Å². The van der Waals surface area contributed by atoms with Crippen molar-refractivity contribution in [2.45, 2.75) is 65.5 Å². The lowest BCUT2D eigenvalue weighted by Gasteiger charge is -2.50. The van der Waals surface area contributed by atoms with Gasteiger partial charge in [-0.15, -0.1) is 0 Å². The van der Waals surface area contributed by atoms with Crippen LogP contribution in [0.15, 0.2) is 47.4 Å². The first kappa shape index (κ1) is 26.8. The van der Waals surface area contributed by atoms with Crippen LogP contribution in [0.25, 0.3) is 6.08 Å². The van der Waals surface area contributed by atoms with Crippen LogP contribution in [-0.4, -0.2) is 46.7 Å². The molecule has 8 heteroatoms. The summed E-state index contributed by atoms with van der Waals surface area (Å²) < 4.78 is 5.40. The number of rotatable bonds is 7. The Balaban J connectivity index is 1.48. The molecule has 3 amide bonds. The Morgan fingerprint density at radius 2 is 1.89 bits per heavy atom. The molecule has 2 aromatic rings. The predicted octanol–water partition coefficient (Wildman–Crippen LogP) is 6.26. The highest BCUT2D eigenvalue weighted by molar-refractivity contribution is 8.18. The van der Waals surface area contributed by atoms with Gasteiger partial charge in [0.1, 0.15) is 12.3 Å². The predicted molar refractivity (Wildman–Crippen MR) is 150 cm³/mol. The van der Waals surface area contributed by atoms with E-state index in [2.05, 4.69) is 57.0 Å². The molecule has 2 aliphatic heterocycles. The summed E-state index contributed by atoms with van der Waals surface area (Å²) in [7, 11) is 0. The molecule has 196 valence electrons. The average Bonchev–Trinajstić information content (AvgIpc) is 3.07. The van der Waals surface area contributed by atoms with Crippen LogP contribution in [0.2, 0.25) is 0 Å². The van der Waals surface area contributed by atoms with Gasteiger partial charge in [0.15, 0.2) is 0 Å². The number of imide groups is 1. The van der Waals surface area contributed by atoms with Crippen LogP contribution in [0.1, 0.15) is 65.0 Å². The Bertz CT molecular complexity index is 1240. The van der Waals surface area contributed by atoms with Gasteiger partial charge in [0.25, 0.3) is 11.1 Å². The lowest BCUT2D eigenvalue weighted by atomic mass is 9.79. The molecular weight excluding hydrogens is 486 g/mol. The second kappa shape index (κ2) is 10.6.